The average Bonchev–Trinajstić information content (AvgIpc) is 2.53. The first kappa shape index (κ1) is 14.4. The summed E-state index contributed by atoms with van der Waals surface area (Å²) < 4.78 is 10.7. The first-order valence-electron chi connectivity index (χ1n) is 6.99. The molecule has 0 N–H and O–H groups in total. The van der Waals surface area contributed by atoms with E-state index in [1.807, 2.05) is 0 Å². The Morgan fingerprint density at radius 1 is 1.35 bits per heavy atom. The van der Waals surface area contributed by atoms with Crippen LogP contribution in [0.3, 0.4) is 0 Å². The molecule has 0 unspecified atom stereocenters. The van der Waals surface area contributed by atoms with Crippen LogP contribution in [0.4, 0.5) is 0 Å². The molecule has 4 nitrogen and oxygen atoms in total. The van der Waals surface area contributed by atoms with E-state index in [0.29, 0.717) is 11.3 Å². The summed E-state index contributed by atoms with van der Waals surface area (Å²) in [6.45, 7) is 0. The number of nitrogens with zero attached hydrogens (tertiary/aromatic N) is 1. The van der Waals surface area contributed by atoms with E-state index in [1.165, 1.54) is 13.5 Å². The molecule has 1 aromatic rings. The highest BCUT2D eigenvalue weighted by molar-refractivity contribution is 5.75. The summed E-state index contributed by atoms with van der Waals surface area (Å²) in [7, 11) is 1.38. The van der Waals surface area contributed by atoms with Crippen molar-refractivity contribution in [3.63, 3.8) is 0 Å². The van der Waals surface area contributed by atoms with Crippen LogP contribution in [0.1, 0.15) is 37.7 Å². The lowest BCUT2D eigenvalue weighted by atomic mass is 9.85. The lowest BCUT2D eigenvalue weighted by Gasteiger charge is -2.28. The number of carbonyl (C=O) groups excluding carboxylic acids is 1. The van der Waals surface area contributed by atoms with Crippen LogP contribution in [0.15, 0.2) is 24.3 Å². The third-order valence-electron chi connectivity index (χ3n) is 3.74. The van der Waals surface area contributed by atoms with Gasteiger partial charge in [-0.3, -0.25) is 0 Å². The van der Waals surface area contributed by atoms with Crippen LogP contribution in [0.25, 0.3) is 0 Å². The van der Waals surface area contributed by atoms with E-state index < -0.39 is 6.10 Å². The van der Waals surface area contributed by atoms with E-state index >= 15 is 0 Å². The summed E-state index contributed by atoms with van der Waals surface area (Å²) in [6, 6.07) is 8.94. The quantitative estimate of drug-likeness (QED) is 0.791. The summed E-state index contributed by atoms with van der Waals surface area (Å²) in [5, 5.41) is 8.90. The van der Waals surface area contributed by atoms with Crippen molar-refractivity contribution in [3.05, 3.63) is 29.8 Å². The van der Waals surface area contributed by atoms with Crippen LogP contribution in [0.2, 0.25) is 0 Å². The Morgan fingerprint density at radius 2 is 2.10 bits per heavy atom. The van der Waals surface area contributed by atoms with E-state index in [2.05, 4.69) is 6.07 Å². The minimum Gasteiger partial charge on any atom is -0.478 e. The third kappa shape index (κ3) is 3.51. The Bertz CT molecular complexity index is 501. The molecule has 1 aliphatic carbocycles. The molecule has 4 heteroatoms. The molecule has 1 aromatic carbocycles. The second kappa shape index (κ2) is 6.95. The standard InChI is InChI=1S/C16H19NO3/c1-19-16(18)15(13-7-3-2-4-8-13)20-14-9-5-6-12(10-14)11-17/h5-6,9-10,13,15H,2-4,7-8H2,1H3/t15-/m0/s1. The molecule has 0 aliphatic heterocycles. The van der Waals surface area contributed by atoms with Gasteiger partial charge in [0.25, 0.3) is 0 Å². The summed E-state index contributed by atoms with van der Waals surface area (Å²) in [4.78, 5) is 12.0. The molecule has 20 heavy (non-hydrogen) atoms. The minimum atomic E-state index is -0.575. The number of rotatable bonds is 4. The number of carbonyl (C=O) groups is 1. The number of benzene rings is 1. The maximum atomic E-state index is 12.0. The van der Waals surface area contributed by atoms with Crippen LogP contribution in [-0.2, 0) is 9.53 Å². The number of methoxy groups -OCH3 is 1. The summed E-state index contributed by atoms with van der Waals surface area (Å²) in [6.07, 6.45) is 4.86. The number of nitriles is 1. The Morgan fingerprint density at radius 3 is 2.75 bits per heavy atom. The Hall–Kier alpha value is -2.02. The van der Waals surface area contributed by atoms with Crippen molar-refractivity contribution >= 4 is 5.97 Å². The van der Waals surface area contributed by atoms with Gasteiger partial charge in [0, 0.05) is 5.92 Å². The summed E-state index contributed by atoms with van der Waals surface area (Å²) >= 11 is 0. The highest BCUT2D eigenvalue weighted by Gasteiger charge is 2.32. The largest absolute Gasteiger partial charge is 0.478 e. The zero-order chi connectivity index (χ0) is 14.4. The molecule has 0 amide bonds. The number of hydrogen-bond acceptors (Lipinski definition) is 4. The van der Waals surface area contributed by atoms with Gasteiger partial charge in [-0.1, -0.05) is 25.3 Å². The van der Waals surface area contributed by atoms with Crippen molar-refractivity contribution < 1.29 is 14.3 Å². The number of esters is 1. The fraction of sp³-hybridized carbons (Fsp3) is 0.500. The normalized spacial score (nSPS) is 17.0. The summed E-state index contributed by atoms with van der Waals surface area (Å²) in [5.74, 6) is 0.409. The van der Waals surface area contributed by atoms with Gasteiger partial charge in [-0.15, -0.1) is 0 Å². The predicted octanol–water partition coefficient (Wildman–Crippen LogP) is 3.06. The monoisotopic (exact) mass is 273 g/mol. The van der Waals surface area contributed by atoms with Crippen LogP contribution in [-0.4, -0.2) is 19.2 Å². The first-order chi connectivity index (χ1) is 9.74. The van der Waals surface area contributed by atoms with Gasteiger partial charge in [-0.2, -0.15) is 5.26 Å². The minimum absolute atomic E-state index is 0.196. The Balaban J connectivity index is 2.14. The van der Waals surface area contributed by atoms with Crippen molar-refractivity contribution in [2.75, 3.05) is 7.11 Å². The third-order valence-corrected chi connectivity index (χ3v) is 3.74. The molecule has 0 radical (unpaired) electrons. The molecule has 1 saturated carbocycles. The van der Waals surface area contributed by atoms with Gasteiger partial charge in [-0.05, 0) is 31.0 Å². The van der Waals surface area contributed by atoms with Crippen molar-refractivity contribution in [1.82, 2.24) is 0 Å². The smallest absolute Gasteiger partial charge is 0.347 e. The SMILES string of the molecule is COC(=O)[C@@H](Oc1cccc(C#N)c1)C1CCCCC1. The summed E-state index contributed by atoms with van der Waals surface area (Å²) in [5.41, 5.74) is 0.523. The first-order valence-corrected chi connectivity index (χ1v) is 6.99. The predicted molar refractivity (Wildman–Crippen MR) is 74.2 cm³/mol. The molecule has 0 heterocycles. The van der Waals surface area contributed by atoms with Crippen LogP contribution >= 0.6 is 0 Å². The second-order valence-electron chi connectivity index (χ2n) is 5.10. The van der Waals surface area contributed by atoms with Gasteiger partial charge in [-0.25, -0.2) is 4.79 Å². The lowest BCUT2D eigenvalue weighted by molar-refractivity contribution is -0.152. The van der Waals surface area contributed by atoms with Gasteiger partial charge >= 0.3 is 5.97 Å². The molecule has 106 valence electrons. The molecule has 0 aromatic heterocycles. The van der Waals surface area contributed by atoms with Gasteiger partial charge < -0.3 is 9.47 Å². The molecule has 0 spiro atoms. The van der Waals surface area contributed by atoms with Gasteiger partial charge in [0.15, 0.2) is 6.10 Å². The highest BCUT2D eigenvalue weighted by atomic mass is 16.6. The fourth-order valence-corrected chi connectivity index (χ4v) is 2.68. The number of ether oxygens (including phenoxy) is 2. The second-order valence-corrected chi connectivity index (χ2v) is 5.10. The van der Waals surface area contributed by atoms with Gasteiger partial charge in [0.1, 0.15) is 5.75 Å². The number of hydrogen-bond donors (Lipinski definition) is 0. The molecule has 2 rings (SSSR count). The average molecular weight is 273 g/mol. The van der Waals surface area contributed by atoms with E-state index in [9.17, 15) is 4.79 Å². The molecular weight excluding hydrogens is 254 g/mol. The van der Waals surface area contributed by atoms with Gasteiger partial charge in [0.2, 0.25) is 0 Å². The molecule has 1 fully saturated rings. The van der Waals surface area contributed by atoms with E-state index in [0.717, 1.165) is 25.7 Å². The fourth-order valence-electron chi connectivity index (χ4n) is 2.68. The maximum Gasteiger partial charge on any atom is 0.347 e. The zero-order valence-electron chi connectivity index (χ0n) is 11.7. The van der Waals surface area contributed by atoms with Crippen molar-refractivity contribution in [2.24, 2.45) is 5.92 Å². The Kier molecular flexibility index (Phi) is 5.00. The van der Waals surface area contributed by atoms with Crippen LogP contribution < -0.4 is 4.74 Å². The van der Waals surface area contributed by atoms with Crippen LogP contribution in [0, 0.1) is 17.2 Å². The molecule has 1 aliphatic rings. The highest BCUT2D eigenvalue weighted by Crippen LogP contribution is 2.29. The van der Waals surface area contributed by atoms with Crippen molar-refractivity contribution in [2.45, 2.75) is 38.2 Å². The molecule has 0 saturated heterocycles. The van der Waals surface area contributed by atoms with E-state index in [-0.39, 0.29) is 11.9 Å². The maximum absolute atomic E-state index is 12.0. The van der Waals surface area contributed by atoms with Crippen molar-refractivity contribution in [3.8, 4) is 11.8 Å². The topological polar surface area (TPSA) is 59.3 Å². The van der Waals surface area contributed by atoms with E-state index in [1.54, 1.807) is 24.3 Å². The van der Waals surface area contributed by atoms with Crippen molar-refractivity contribution in [1.29, 1.82) is 5.26 Å². The van der Waals surface area contributed by atoms with E-state index in [4.69, 9.17) is 14.7 Å². The Labute approximate surface area is 119 Å². The van der Waals surface area contributed by atoms with Gasteiger partial charge in [0.05, 0.1) is 18.7 Å². The molecule has 1 atom stereocenters. The van der Waals surface area contributed by atoms with Crippen LogP contribution in [0.5, 0.6) is 5.75 Å². The molecular formula is C16H19NO3. The zero-order valence-corrected chi connectivity index (χ0v) is 11.7. The lowest BCUT2D eigenvalue weighted by Crippen LogP contribution is -2.37. The molecule has 0 bridgehead atoms.